The summed E-state index contributed by atoms with van der Waals surface area (Å²) in [5.41, 5.74) is 0.350. The predicted molar refractivity (Wildman–Crippen MR) is 40.5 cm³/mol. The van der Waals surface area contributed by atoms with Crippen molar-refractivity contribution in [3.8, 4) is 0 Å². The Hall–Kier alpha value is -0.680. The fourth-order valence-electron chi connectivity index (χ4n) is 0.581. The summed E-state index contributed by atoms with van der Waals surface area (Å²) in [6.07, 6.45) is 4.24. The Morgan fingerprint density at radius 1 is 1.45 bits per heavy atom. The molecule has 0 aliphatic carbocycles. The van der Waals surface area contributed by atoms with Gasteiger partial charge < -0.3 is 0 Å². The van der Waals surface area contributed by atoms with Crippen molar-refractivity contribution < 1.29 is 8.42 Å². The van der Waals surface area contributed by atoms with Crippen molar-refractivity contribution in [1.29, 1.82) is 0 Å². The van der Waals surface area contributed by atoms with Crippen molar-refractivity contribution in [3.05, 3.63) is 24.3 Å². The van der Waals surface area contributed by atoms with Gasteiger partial charge in [0, 0.05) is 29.3 Å². The van der Waals surface area contributed by atoms with Gasteiger partial charge in [0.25, 0.3) is 0 Å². The van der Waals surface area contributed by atoms with Crippen LogP contribution < -0.4 is 0 Å². The smallest absolute Gasteiger partial charge is 0.238 e. The van der Waals surface area contributed by atoms with Crippen molar-refractivity contribution >= 4 is 19.7 Å². The molecule has 1 aromatic rings. The maximum absolute atomic E-state index is 10.5. The van der Waals surface area contributed by atoms with Crippen LogP contribution in [0.3, 0.4) is 0 Å². The molecular formula is C5H5ClN2O2S. The van der Waals surface area contributed by atoms with E-state index in [9.17, 15) is 8.42 Å². The van der Waals surface area contributed by atoms with E-state index in [-0.39, 0.29) is 5.75 Å². The lowest BCUT2D eigenvalue weighted by Gasteiger charge is -1.92. The molecule has 0 radical (unpaired) electrons. The van der Waals surface area contributed by atoms with Crippen LogP contribution in [-0.2, 0) is 14.8 Å². The molecule has 0 aromatic carbocycles. The standard InChI is InChI=1S/C5H5ClN2O2S/c6-11(9,10)4-5-3-7-1-2-8-5/h1-3H,4H2. The van der Waals surface area contributed by atoms with Crippen molar-refractivity contribution in [2.24, 2.45) is 0 Å². The Morgan fingerprint density at radius 2 is 2.18 bits per heavy atom. The zero-order valence-corrected chi connectivity index (χ0v) is 7.01. The van der Waals surface area contributed by atoms with E-state index in [2.05, 4.69) is 9.97 Å². The van der Waals surface area contributed by atoms with Crippen molar-refractivity contribution in [2.75, 3.05) is 0 Å². The van der Waals surface area contributed by atoms with Gasteiger partial charge in [0.05, 0.1) is 5.69 Å². The molecule has 0 saturated carbocycles. The number of hydrogen-bond acceptors (Lipinski definition) is 4. The van der Waals surface area contributed by atoms with E-state index in [0.29, 0.717) is 5.69 Å². The normalized spacial score (nSPS) is 11.4. The number of halogens is 1. The first-order valence-electron chi connectivity index (χ1n) is 2.75. The van der Waals surface area contributed by atoms with Gasteiger partial charge in [-0.2, -0.15) is 0 Å². The number of hydrogen-bond donors (Lipinski definition) is 0. The molecule has 0 atom stereocenters. The average Bonchev–Trinajstić information content (AvgIpc) is 1.85. The maximum Gasteiger partial charge on any atom is 0.238 e. The van der Waals surface area contributed by atoms with Crippen LogP contribution in [0.1, 0.15) is 5.69 Å². The summed E-state index contributed by atoms with van der Waals surface area (Å²) in [4.78, 5) is 7.42. The van der Waals surface area contributed by atoms with Crippen LogP contribution in [0.15, 0.2) is 18.6 Å². The van der Waals surface area contributed by atoms with E-state index < -0.39 is 9.05 Å². The summed E-state index contributed by atoms with van der Waals surface area (Å²) < 4.78 is 21.0. The SMILES string of the molecule is O=S(=O)(Cl)Cc1cnccn1. The molecule has 0 aliphatic heterocycles. The first-order valence-corrected chi connectivity index (χ1v) is 5.23. The molecule has 0 unspecified atom stereocenters. The van der Waals surface area contributed by atoms with E-state index in [1.165, 1.54) is 18.6 Å². The van der Waals surface area contributed by atoms with E-state index in [0.717, 1.165) is 0 Å². The van der Waals surface area contributed by atoms with Crippen LogP contribution in [0.4, 0.5) is 0 Å². The summed E-state index contributed by atoms with van der Waals surface area (Å²) in [7, 11) is 1.46. The topological polar surface area (TPSA) is 59.9 Å². The second kappa shape index (κ2) is 3.15. The minimum absolute atomic E-state index is 0.275. The molecule has 1 aromatic heterocycles. The molecule has 0 saturated heterocycles. The van der Waals surface area contributed by atoms with Crippen LogP contribution >= 0.6 is 10.7 Å². The van der Waals surface area contributed by atoms with Crippen molar-refractivity contribution in [1.82, 2.24) is 9.97 Å². The van der Waals surface area contributed by atoms with Crippen LogP contribution in [0.2, 0.25) is 0 Å². The lowest BCUT2D eigenvalue weighted by atomic mass is 10.5. The lowest BCUT2D eigenvalue weighted by molar-refractivity contribution is 0.608. The molecule has 0 spiro atoms. The lowest BCUT2D eigenvalue weighted by Crippen LogP contribution is -1.97. The van der Waals surface area contributed by atoms with Gasteiger partial charge in [0.2, 0.25) is 9.05 Å². The van der Waals surface area contributed by atoms with Crippen LogP contribution in [0.5, 0.6) is 0 Å². The highest BCUT2D eigenvalue weighted by Gasteiger charge is 2.06. The van der Waals surface area contributed by atoms with Gasteiger partial charge in [-0.25, -0.2) is 8.42 Å². The third kappa shape index (κ3) is 3.29. The minimum Gasteiger partial charge on any atom is -0.261 e. The highest BCUT2D eigenvalue weighted by atomic mass is 35.7. The number of aromatic nitrogens is 2. The molecule has 0 amide bonds. The molecule has 6 heteroatoms. The first-order chi connectivity index (χ1) is 5.08. The minimum atomic E-state index is -3.51. The summed E-state index contributed by atoms with van der Waals surface area (Å²) in [6.45, 7) is 0. The van der Waals surface area contributed by atoms with Gasteiger partial charge in [-0.15, -0.1) is 0 Å². The molecule has 0 bridgehead atoms. The number of rotatable bonds is 2. The third-order valence-electron chi connectivity index (χ3n) is 0.937. The average molecular weight is 193 g/mol. The highest BCUT2D eigenvalue weighted by molar-refractivity contribution is 8.13. The monoisotopic (exact) mass is 192 g/mol. The summed E-state index contributed by atoms with van der Waals surface area (Å²) >= 11 is 0. The van der Waals surface area contributed by atoms with Crippen molar-refractivity contribution in [3.63, 3.8) is 0 Å². The molecule has 1 heterocycles. The Kier molecular flexibility index (Phi) is 2.41. The second-order valence-electron chi connectivity index (χ2n) is 1.88. The van der Waals surface area contributed by atoms with Gasteiger partial charge in [-0.05, 0) is 0 Å². The first kappa shape index (κ1) is 8.42. The van der Waals surface area contributed by atoms with Crippen molar-refractivity contribution in [2.45, 2.75) is 5.75 Å². The zero-order valence-electron chi connectivity index (χ0n) is 5.44. The third-order valence-corrected chi connectivity index (χ3v) is 1.90. The largest absolute Gasteiger partial charge is 0.261 e. The Labute approximate surface area is 68.7 Å². The van der Waals surface area contributed by atoms with Crippen LogP contribution in [0, 0.1) is 0 Å². The predicted octanol–water partition coefficient (Wildman–Crippen LogP) is 0.545. The summed E-state index contributed by atoms with van der Waals surface area (Å²) in [6, 6.07) is 0. The van der Waals surface area contributed by atoms with E-state index in [1.807, 2.05) is 0 Å². The number of nitrogens with zero attached hydrogens (tertiary/aromatic N) is 2. The molecule has 11 heavy (non-hydrogen) atoms. The van der Waals surface area contributed by atoms with Gasteiger partial charge >= 0.3 is 0 Å². The fraction of sp³-hybridized carbons (Fsp3) is 0.200. The molecule has 4 nitrogen and oxygen atoms in total. The van der Waals surface area contributed by atoms with Gasteiger partial charge in [-0.1, -0.05) is 0 Å². The molecule has 60 valence electrons. The fourth-order valence-corrected chi connectivity index (χ4v) is 1.42. The van der Waals surface area contributed by atoms with Gasteiger partial charge in [0.15, 0.2) is 0 Å². The second-order valence-corrected chi connectivity index (χ2v) is 4.66. The molecule has 0 N–H and O–H groups in total. The van der Waals surface area contributed by atoms with E-state index >= 15 is 0 Å². The zero-order chi connectivity index (χ0) is 8.32. The summed E-state index contributed by atoms with van der Waals surface area (Å²) in [5.74, 6) is -0.275. The van der Waals surface area contributed by atoms with Crippen LogP contribution in [0.25, 0.3) is 0 Å². The highest BCUT2D eigenvalue weighted by Crippen LogP contribution is 2.04. The molecule has 0 aliphatic rings. The Bertz CT molecular complexity index is 324. The van der Waals surface area contributed by atoms with Crippen LogP contribution in [-0.4, -0.2) is 18.4 Å². The molecular weight excluding hydrogens is 188 g/mol. The quantitative estimate of drug-likeness (QED) is 0.642. The Morgan fingerprint density at radius 3 is 2.64 bits per heavy atom. The summed E-state index contributed by atoms with van der Waals surface area (Å²) in [5, 5.41) is 0. The van der Waals surface area contributed by atoms with E-state index in [4.69, 9.17) is 10.7 Å². The molecule has 0 fully saturated rings. The van der Waals surface area contributed by atoms with Gasteiger partial charge in [0.1, 0.15) is 5.75 Å². The van der Waals surface area contributed by atoms with E-state index in [1.54, 1.807) is 0 Å². The maximum atomic E-state index is 10.5. The molecule has 1 rings (SSSR count). The van der Waals surface area contributed by atoms with Gasteiger partial charge in [-0.3, -0.25) is 9.97 Å². The Balaban J connectivity index is 2.82.